The Balaban J connectivity index is 0.00000178. The van der Waals surface area contributed by atoms with Crippen molar-refractivity contribution in [2.24, 2.45) is 22.6 Å². The first kappa shape index (κ1) is 32.8. The van der Waals surface area contributed by atoms with Crippen molar-refractivity contribution in [3.8, 4) is 0 Å². The van der Waals surface area contributed by atoms with Gasteiger partial charge >= 0.3 is 0 Å². The molecule has 0 saturated heterocycles. The summed E-state index contributed by atoms with van der Waals surface area (Å²) in [6.07, 6.45) is 22.5. The van der Waals surface area contributed by atoms with Gasteiger partial charge in [-0.1, -0.05) is 30.4 Å². The number of hydrogen-bond acceptors (Lipinski definition) is 5. The van der Waals surface area contributed by atoms with Crippen LogP contribution < -0.4 is 11.1 Å². The predicted molar refractivity (Wildman–Crippen MR) is 159 cm³/mol. The number of imidazole rings is 1. The van der Waals surface area contributed by atoms with Crippen molar-refractivity contribution in [1.29, 1.82) is 0 Å². The molecule has 218 valence electrons. The van der Waals surface area contributed by atoms with Crippen LogP contribution in [0.15, 0.2) is 95.6 Å². The van der Waals surface area contributed by atoms with Crippen LogP contribution in [-0.4, -0.2) is 55.3 Å². The van der Waals surface area contributed by atoms with Crippen LogP contribution >= 0.6 is 0 Å². The van der Waals surface area contributed by atoms with Gasteiger partial charge in [0.25, 0.3) is 0 Å². The summed E-state index contributed by atoms with van der Waals surface area (Å²) in [5.41, 5.74) is 9.16. The third kappa shape index (κ3) is 11.4. The average molecular weight is 558 g/mol. The van der Waals surface area contributed by atoms with E-state index in [2.05, 4.69) is 57.6 Å². The monoisotopic (exact) mass is 557 g/mol. The molecule has 0 fully saturated rings. The van der Waals surface area contributed by atoms with Crippen molar-refractivity contribution in [3.63, 3.8) is 0 Å². The highest BCUT2D eigenvalue weighted by Crippen LogP contribution is 2.22. The Morgan fingerprint density at radius 2 is 2.00 bits per heavy atom. The van der Waals surface area contributed by atoms with E-state index in [-0.39, 0.29) is 11.8 Å². The minimum atomic E-state index is -2.05. The Kier molecular flexibility index (Phi) is 14.8. The molecule has 0 aliphatic heterocycles. The third-order valence-corrected chi connectivity index (χ3v) is 6.14. The van der Waals surface area contributed by atoms with Crippen LogP contribution in [0.1, 0.15) is 31.9 Å². The lowest BCUT2D eigenvalue weighted by Gasteiger charge is -2.14. The van der Waals surface area contributed by atoms with Crippen LogP contribution in [-0.2, 0) is 4.74 Å². The highest BCUT2D eigenvalue weighted by atomic mass is 19.2. The molecule has 0 radical (unpaired) electrons. The van der Waals surface area contributed by atoms with Gasteiger partial charge in [-0.05, 0) is 70.0 Å². The van der Waals surface area contributed by atoms with Crippen LogP contribution in [0.2, 0.25) is 0 Å². The summed E-state index contributed by atoms with van der Waals surface area (Å²) >= 11 is 0. The number of ether oxygens (including phenoxy) is 1. The van der Waals surface area contributed by atoms with Crippen molar-refractivity contribution in [2.75, 3.05) is 33.9 Å². The van der Waals surface area contributed by atoms with Crippen molar-refractivity contribution >= 4 is 11.4 Å². The van der Waals surface area contributed by atoms with Gasteiger partial charge in [-0.15, -0.1) is 0 Å². The summed E-state index contributed by atoms with van der Waals surface area (Å²) in [5.74, 6) is -2.24. The molecular weight excluding hydrogens is 515 g/mol. The lowest BCUT2D eigenvalue weighted by Crippen LogP contribution is -2.16. The van der Waals surface area contributed by atoms with E-state index in [1.807, 2.05) is 30.9 Å². The number of alkyl halides is 1. The fourth-order valence-electron chi connectivity index (χ4n) is 3.97. The van der Waals surface area contributed by atoms with Gasteiger partial charge in [0.05, 0.1) is 12.0 Å². The van der Waals surface area contributed by atoms with Crippen LogP contribution in [0.25, 0.3) is 5.70 Å². The normalized spacial score (nSPS) is 20.1. The SMILES string of the molecule is CC(=NCCCNC1=CC(F)=C(F)C(F)C=C1)C(C=CC1C=CC=C(n2cnc(C)c2)C=C1)CCCN.COC. The molecule has 2 aliphatic rings. The van der Waals surface area contributed by atoms with E-state index >= 15 is 0 Å². The van der Waals surface area contributed by atoms with E-state index in [1.54, 1.807) is 14.2 Å². The summed E-state index contributed by atoms with van der Waals surface area (Å²) in [6, 6.07) is 0. The molecule has 1 aromatic rings. The Bertz CT molecular complexity index is 1170. The zero-order valence-corrected chi connectivity index (χ0v) is 23.9. The fraction of sp³-hybridized carbons (Fsp3) is 0.419. The second kappa shape index (κ2) is 18.0. The standard InChI is InChI=1S/C29H36F3N5.C2H6O/c1-21-19-37(20-36-21)26-8-3-6-23(10-13-26)9-11-24(7-4-15-33)22(2)34-16-5-17-35-25-12-14-27(30)29(32)28(31)18-25;1-3-2/h3,6,8-14,18-20,23-24,27,35H,4-5,7,15-17,33H2,1-2H3;1-2H3. The van der Waals surface area contributed by atoms with E-state index in [0.717, 1.165) is 42.1 Å². The van der Waals surface area contributed by atoms with Crippen molar-refractivity contribution in [3.05, 3.63) is 96.3 Å². The lowest BCUT2D eigenvalue weighted by molar-refractivity contribution is 0.277. The highest BCUT2D eigenvalue weighted by Gasteiger charge is 2.17. The molecular formula is C31H42F3N5O. The number of nitrogens with two attached hydrogens (primary N) is 1. The lowest BCUT2D eigenvalue weighted by atomic mass is 9.95. The van der Waals surface area contributed by atoms with Gasteiger partial charge in [-0.25, -0.2) is 18.2 Å². The van der Waals surface area contributed by atoms with Gasteiger partial charge in [0.1, 0.15) is 0 Å². The minimum Gasteiger partial charge on any atom is -0.388 e. The highest BCUT2D eigenvalue weighted by molar-refractivity contribution is 5.86. The number of allylic oxidation sites excluding steroid dienone is 13. The Labute approximate surface area is 236 Å². The van der Waals surface area contributed by atoms with Crippen molar-refractivity contribution in [2.45, 2.75) is 39.3 Å². The summed E-state index contributed by atoms with van der Waals surface area (Å²) < 4.78 is 46.6. The Morgan fingerprint density at radius 3 is 2.70 bits per heavy atom. The molecule has 2 aliphatic carbocycles. The summed E-state index contributed by atoms with van der Waals surface area (Å²) in [7, 11) is 3.25. The number of rotatable bonds is 12. The van der Waals surface area contributed by atoms with Gasteiger partial charge in [0.15, 0.2) is 17.8 Å². The first-order valence-electron chi connectivity index (χ1n) is 13.5. The fourth-order valence-corrected chi connectivity index (χ4v) is 3.97. The zero-order chi connectivity index (χ0) is 29.3. The van der Waals surface area contributed by atoms with Crippen molar-refractivity contribution < 1.29 is 17.9 Å². The first-order valence-corrected chi connectivity index (χ1v) is 13.5. The summed E-state index contributed by atoms with van der Waals surface area (Å²) in [6.45, 7) is 5.71. The van der Waals surface area contributed by atoms with E-state index in [9.17, 15) is 13.2 Å². The molecule has 9 heteroatoms. The van der Waals surface area contributed by atoms with Gasteiger partial charge in [0.2, 0.25) is 0 Å². The average Bonchev–Trinajstić information content (AvgIpc) is 3.17. The smallest absolute Gasteiger partial charge is 0.174 e. The molecule has 3 unspecified atom stereocenters. The molecule has 3 atom stereocenters. The molecule has 1 heterocycles. The van der Waals surface area contributed by atoms with Gasteiger partial charge in [-0.3, -0.25) is 4.99 Å². The number of halogens is 3. The molecule has 1 aromatic heterocycles. The number of aryl methyl sites for hydroxylation is 1. The van der Waals surface area contributed by atoms with Gasteiger partial charge in [-0.2, -0.15) is 0 Å². The summed E-state index contributed by atoms with van der Waals surface area (Å²) in [4.78, 5) is 9.03. The minimum absolute atomic E-state index is 0.167. The molecule has 0 aromatic carbocycles. The van der Waals surface area contributed by atoms with E-state index < -0.39 is 17.8 Å². The van der Waals surface area contributed by atoms with Crippen LogP contribution in [0, 0.1) is 18.8 Å². The van der Waals surface area contributed by atoms with E-state index in [1.165, 1.54) is 6.08 Å². The molecule has 0 bridgehead atoms. The number of nitrogens with one attached hydrogen (secondary N) is 1. The number of nitrogens with zero attached hydrogens (tertiary/aromatic N) is 3. The Morgan fingerprint density at radius 1 is 1.23 bits per heavy atom. The largest absolute Gasteiger partial charge is 0.388 e. The number of methoxy groups -OCH3 is 1. The van der Waals surface area contributed by atoms with Crippen molar-refractivity contribution in [1.82, 2.24) is 14.9 Å². The maximum absolute atomic E-state index is 13.6. The molecule has 3 rings (SSSR count). The van der Waals surface area contributed by atoms with Crippen LogP contribution in [0.5, 0.6) is 0 Å². The van der Waals surface area contributed by atoms with E-state index in [4.69, 9.17) is 10.7 Å². The molecule has 6 nitrogen and oxygen atoms in total. The predicted octanol–water partition coefficient (Wildman–Crippen LogP) is 6.33. The second-order valence-electron chi connectivity index (χ2n) is 9.53. The van der Waals surface area contributed by atoms with Gasteiger partial charge < -0.3 is 20.4 Å². The van der Waals surface area contributed by atoms with E-state index in [0.29, 0.717) is 31.8 Å². The maximum Gasteiger partial charge on any atom is 0.174 e. The molecule has 40 heavy (non-hydrogen) atoms. The molecule has 3 N–H and O–H groups in total. The van der Waals surface area contributed by atoms with Crippen LogP contribution in [0.3, 0.4) is 0 Å². The second-order valence-corrected chi connectivity index (χ2v) is 9.53. The number of hydrogen-bond donors (Lipinski definition) is 2. The van der Waals surface area contributed by atoms with Crippen LogP contribution in [0.4, 0.5) is 13.2 Å². The molecule has 0 spiro atoms. The quantitative estimate of drug-likeness (QED) is 0.179. The Hall–Kier alpha value is -3.43. The molecule has 0 saturated carbocycles. The topological polar surface area (TPSA) is 77.5 Å². The maximum atomic E-state index is 13.6. The first-order chi connectivity index (χ1) is 19.3. The number of aliphatic imine (C=N–C) groups is 1. The zero-order valence-electron chi connectivity index (χ0n) is 23.9. The molecule has 0 amide bonds. The summed E-state index contributed by atoms with van der Waals surface area (Å²) in [5, 5.41) is 3.00. The van der Waals surface area contributed by atoms with Gasteiger partial charge in [0, 0.05) is 62.4 Å². The third-order valence-electron chi connectivity index (χ3n) is 6.14. The number of aromatic nitrogens is 2.